The summed E-state index contributed by atoms with van der Waals surface area (Å²) in [5, 5.41) is 4.13. The number of anilines is 2. The number of carbonyl (C=O) groups is 1. The van der Waals surface area contributed by atoms with Gasteiger partial charge in [-0.15, -0.1) is 0 Å². The zero-order valence-electron chi connectivity index (χ0n) is 18.2. The van der Waals surface area contributed by atoms with Gasteiger partial charge in [-0.25, -0.2) is 14.8 Å². The Morgan fingerprint density at radius 2 is 1.94 bits per heavy atom. The van der Waals surface area contributed by atoms with Gasteiger partial charge in [-0.2, -0.15) is 0 Å². The number of nitrogens with zero attached hydrogens (tertiary/aromatic N) is 2. The summed E-state index contributed by atoms with van der Waals surface area (Å²) < 4.78 is 16.2. The van der Waals surface area contributed by atoms with E-state index in [1.807, 2.05) is 30.5 Å². The minimum absolute atomic E-state index is 0.156. The first-order valence-corrected chi connectivity index (χ1v) is 11.3. The van der Waals surface area contributed by atoms with Gasteiger partial charge in [0, 0.05) is 23.5 Å². The normalized spacial score (nSPS) is 10.8. The highest BCUT2D eigenvalue weighted by Crippen LogP contribution is 2.27. The molecule has 0 aliphatic rings. The van der Waals surface area contributed by atoms with Crippen LogP contribution in [0.2, 0.25) is 0 Å². The molecule has 168 valence electrons. The zero-order chi connectivity index (χ0) is 23.4. The third-order valence-electron chi connectivity index (χ3n) is 4.81. The van der Waals surface area contributed by atoms with Crippen LogP contribution in [0.1, 0.15) is 17.3 Å². The summed E-state index contributed by atoms with van der Waals surface area (Å²) in [6.07, 6.45) is 3.30. The van der Waals surface area contributed by atoms with Crippen molar-refractivity contribution in [2.24, 2.45) is 0 Å². The van der Waals surface area contributed by atoms with Crippen LogP contribution in [0.15, 0.2) is 69.1 Å². The molecule has 4 aromatic rings. The minimum Gasteiger partial charge on any atom is -0.497 e. The molecule has 8 nitrogen and oxygen atoms in total. The summed E-state index contributed by atoms with van der Waals surface area (Å²) in [6.45, 7) is 1.99. The fourth-order valence-corrected chi connectivity index (χ4v) is 3.52. The smallest absolute Gasteiger partial charge is 0.343 e. The first kappa shape index (κ1) is 22.3. The van der Waals surface area contributed by atoms with E-state index in [1.54, 1.807) is 32.2 Å². The van der Waals surface area contributed by atoms with Crippen molar-refractivity contribution < 1.29 is 18.7 Å². The molecule has 0 unspecified atom stereocenters. The molecular formula is C24H21N3O5S. The lowest BCUT2D eigenvalue weighted by Gasteiger charge is -2.11. The third-order valence-corrected chi connectivity index (χ3v) is 5.37. The Labute approximate surface area is 194 Å². The second-order valence-electron chi connectivity index (χ2n) is 6.88. The third kappa shape index (κ3) is 4.83. The predicted molar refractivity (Wildman–Crippen MR) is 128 cm³/mol. The summed E-state index contributed by atoms with van der Waals surface area (Å²) in [6, 6.07) is 13.8. The molecule has 33 heavy (non-hydrogen) atoms. The standard InChI is InChI=1S/C24H21N3O5S/c1-4-31-23(29)18-13-25-24(33-3)27-22(18)26-15-7-5-14(6-8-15)21-12-19(28)17-11-16(30-2)9-10-20(17)32-21/h5-13H,4H2,1-3H3,(H,25,26,27). The van der Waals surface area contributed by atoms with Gasteiger partial charge in [0.1, 0.15) is 28.5 Å². The Morgan fingerprint density at radius 3 is 2.64 bits per heavy atom. The Balaban J connectivity index is 1.63. The molecule has 1 N–H and O–H groups in total. The largest absolute Gasteiger partial charge is 0.497 e. The number of esters is 1. The fraction of sp³-hybridized carbons (Fsp3) is 0.167. The van der Waals surface area contributed by atoms with Crippen molar-refractivity contribution in [3.05, 3.63) is 70.5 Å². The number of aromatic nitrogens is 2. The summed E-state index contributed by atoms with van der Waals surface area (Å²) in [5.74, 6) is 0.892. The molecule has 2 aromatic heterocycles. The van der Waals surface area contributed by atoms with Crippen molar-refractivity contribution in [2.75, 3.05) is 25.3 Å². The van der Waals surface area contributed by atoms with E-state index in [0.29, 0.717) is 39.1 Å². The van der Waals surface area contributed by atoms with Gasteiger partial charge in [-0.05, 0) is 55.6 Å². The molecule has 0 fully saturated rings. The van der Waals surface area contributed by atoms with Gasteiger partial charge in [-0.3, -0.25) is 4.79 Å². The first-order valence-electron chi connectivity index (χ1n) is 10.1. The van der Waals surface area contributed by atoms with E-state index in [1.165, 1.54) is 24.0 Å². The fourth-order valence-electron chi connectivity index (χ4n) is 3.18. The number of rotatable bonds is 7. The van der Waals surface area contributed by atoms with Crippen LogP contribution < -0.4 is 15.5 Å². The van der Waals surface area contributed by atoms with Crippen molar-refractivity contribution in [1.82, 2.24) is 9.97 Å². The number of nitrogens with one attached hydrogen (secondary N) is 1. The number of carbonyl (C=O) groups excluding carboxylic acids is 1. The molecule has 2 aromatic carbocycles. The second-order valence-corrected chi connectivity index (χ2v) is 7.65. The molecule has 0 saturated heterocycles. The van der Waals surface area contributed by atoms with Crippen molar-refractivity contribution in [3.8, 4) is 17.1 Å². The first-order chi connectivity index (χ1) is 16.0. The zero-order valence-corrected chi connectivity index (χ0v) is 19.1. The number of ether oxygens (including phenoxy) is 2. The van der Waals surface area contributed by atoms with Gasteiger partial charge in [0.15, 0.2) is 10.6 Å². The van der Waals surface area contributed by atoms with E-state index in [2.05, 4.69) is 15.3 Å². The molecule has 0 saturated carbocycles. The average molecular weight is 464 g/mol. The molecule has 4 rings (SSSR count). The number of benzene rings is 2. The molecule has 2 heterocycles. The predicted octanol–water partition coefficient (Wildman–Crippen LogP) is 4.90. The number of fused-ring (bicyclic) bond motifs is 1. The summed E-state index contributed by atoms with van der Waals surface area (Å²) in [7, 11) is 1.55. The summed E-state index contributed by atoms with van der Waals surface area (Å²) >= 11 is 1.37. The Morgan fingerprint density at radius 1 is 1.15 bits per heavy atom. The molecule has 0 aliphatic heterocycles. The summed E-state index contributed by atoms with van der Waals surface area (Å²) in [5.41, 5.74) is 1.99. The van der Waals surface area contributed by atoms with Crippen LogP contribution in [0.25, 0.3) is 22.3 Å². The van der Waals surface area contributed by atoms with Gasteiger partial charge >= 0.3 is 5.97 Å². The number of thioether (sulfide) groups is 1. The molecule has 0 atom stereocenters. The van der Waals surface area contributed by atoms with Crippen LogP contribution in [-0.2, 0) is 4.74 Å². The lowest BCUT2D eigenvalue weighted by atomic mass is 10.1. The SMILES string of the molecule is CCOC(=O)c1cnc(SC)nc1Nc1ccc(-c2cc(=O)c3cc(OC)ccc3o2)cc1. The van der Waals surface area contributed by atoms with Crippen molar-refractivity contribution in [3.63, 3.8) is 0 Å². The summed E-state index contributed by atoms with van der Waals surface area (Å²) in [4.78, 5) is 33.4. The molecule has 0 amide bonds. The molecule has 0 radical (unpaired) electrons. The topological polar surface area (TPSA) is 104 Å². The lowest BCUT2D eigenvalue weighted by molar-refractivity contribution is 0.0526. The second kappa shape index (κ2) is 9.74. The van der Waals surface area contributed by atoms with Crippen LogP contribution >= 0.6 is 11.8 Å². The van der Waals surface area contributed by atoms with E-state index in [0.717, 1.165) is 5.56 Å². The highest BCUT2D eigenvalue weighted by Gasteiger charge is 2.16. The minimum atomic E-state index is -0.501. The highest BCUT2D eigenvalue weighted by molar-refractivity contribution is 7.98. The van der Waals surface area contributed by atoms with E-state index in [4.69, 9.17) is 13.9 Å². The maximum Gasteiger partial charge on any atom is 0.343 e. The van der Waals surface area contributed by atoms with E-state index in [-0.39, 0.29) is 17.6 Å². The van der Waals surface area contributed by atoms with E-state index >= 15 is 0 Å². The van der Waals surface area contributed by atoms with Gasteiger partial charge in [0.25, 0.3) is 0 Å². The molecule has 0 bridgehead atoms. The number of hydrogen-bond acceptors (Lipinski definition) is 9. The van der Waals surface area contributed by atoms with Gasteiger partial charge in [0.05, 0.1) is 19.1 Å². The van der Waals surface area contributed by atoms with Gasteiger partial charge < -0.3 is 19.2 Å². The Kier molecular flexibility index (Phi) is 6.60. The number of methoxy groups -OCH3 is 1. The Hall–Kier alpha value is -3.85. The van der Waals surface area contributed by atoms with Gasteiger partial charge in [-0.1, -0.05) is 11.8 Å². The van der Waals surface area contributed by atoms with Crippen molar-refractivity contribution in [1.29, 1.82) is 0 Å². The van der Waals surface area contributed by atoms with Crippen LogP contribution in [0.5, 0.6) is 5.75 Å². The van der Waals surface area contributed by atoms with E-state index in [9.17, 15) is 9.59 Å². The van der Waals surface area contributed by atoms with Crippen molar-refractivity contribution in [2.45, 2.75) is 12.1 Å². The maximum atomic E-state index is 12.6. The van der Waals surface area contributed by atoms with Crippen molar-refractivity contribution >= 4 is 40.2 Å². The molecule has 9 heteroatoms. The maximum absolute atomic E-state index is 12.6. The lowest BCUT2D eigenvalue weighted by Crippen LogP contribution is -2.10. The molecular weight excluding hydrogens is 442 g/mol. The van der Waals surface area contributed by atoms with Crippen LogP contribution in [0.4, 0.5) is 11.5 Å². The number of hydrogen-bond donors (Lipinski definition) is 1. The van der Waals surface area contributed by atoms with Crippen LogP contribution in [-0.4, -0.2) is 35.9 Å². The average Bonchev–Trinajstić information content (AvgIpc) is 2.84. The quantitative estimate of drug-likeness (QED) is 0.233. The van der Waals surface area contributed by atoms with Crippen LogP contribution in [0.3, 0.4) is 0 Å². The Bertz CT molecular complexity index is 1370. The highest BCUT2D eigenvalue weighted by atomic mass is 32.2. The monoisotopic (exact) mass is 463 g/mol. The van der Waals surface area contributed by atoms with Gasteiger partial charge in [0.2, 0.25) is 0 Å². The molecule has 0 aliphatic carbocycles. The van der Waals surface area contributed by atoms with Crippen LogP contribution in [0, 0.1) is 0 Å². The molecule has 0 spiro atoms. The van der Waals surface area contributed by atoms with E-state index < -0.39 is 5.97 Å².